The Balaban J connectivity index is 1.51. The molecule has 1 atom stereocenters. The van der Waals surface area contributed by atoms with Crippen LogP contribution in [-0.2, 0) is 11.4 Å². The van der Waals surface area contributed by atoms with Gasteiger partial charge in [0.05, 0.1) is 6.21 Å². The largest absolute Gasteiger partial charge is 0.488 e. The molecule has 0 spiro atoms. The normalized spacial score (nSPS) is 12.0. The van der Waals surface area contributed by atoms with E-state index in [9.17, 15) is 9.59 Å². The number of nitrogens with zero attached hydrogens (tertiary/aromatic N) is 1. The molecule has 0 bridgehead atoms. The van der Waals surface area contributed by atoms with Crippen LogP contribution in [0.2, 0.25) is 10.0 Å². The summed E-state index contributed by atoms with van der Waals surface area (Å²) < 4.78 is 6.11. The Hall–Kier alpha value is -3.87. The summed E-state index contributed by atoms with van der Waals surface area (Å²) in [6, 6.07) is 24.8. The Labute approximate surface area is 231 Å². The molecule has 4 aromatic rings. The van der Waals surface area contributed by atoms with E-state index in [1.165, 1.54) is 0 Å². The van der Waals surface area contributed by atoms with Gasteiger partial charge < -0.3 is 10.1 Å². The van der Waals surface area contributed by atoms with Crippen molar-refractivity contribution in [3.8, 4) is 5.75 Å². The lowest BCUT2D eigenvalue weighted by molar-refractivity contribution is -0.123. The SMILES string of the molecule is CC(C)C(NC(=O)c1ccc(Cl)cc1)C(=O)N/N=C/c1c(OCc2ccc(Cl)cc2)ccc2ccccc12. The van der Waals surface area contributed by atoms with Crippen LogP contribution < -0.4 is 15.5 Å². The smallest absolute Gasteiger partial charge is 0.262 e. The second kappa shape index (κ2) is 12.6. The molecule has 0 saturated heterocycles. The lowest BCUT2D eigenvalue weighted by atomic mass is 10.0. The molecule has 8 heteroatoms. The summed E-state index contributed by atoms with van der Waals surface area (Å²) in [5, 5.41) is 10.1. The van der Waals surface area contributed by atoms with Gasteiger partial charge in [-0.15, -0.1) is 0 Å². The number of benzene rings is 4. The van der Waals surface area contributed by atoms with Gasteiger partial charge in [0.15, 0.2) is 0 Å². The van der Waals surface area contributed by atoms with Gasteiger partial charge in [-0.2, -0.15) is 5.10 Å². The number of carbonyl (C=O) groups is 2. The standard InChI is InChI=1S/C30H27Cl2N3O3/c1-19(2)28(34-29(36)22-9-14-24(32)15-10-22)30(37)35-33-17-26-25-6-4-3-5-21(25)11-16-27(26)38-18-20-7-12-23(31)13-8-20/h3-17,19,28H,18H2,1-2H3,(H,34,36)(H,35,37)/b33-17+. The van der Waals surface area contributed by atoms with Crippen LogP contribution in [0.5, 0.6) is 5.75 Å². The maximum atomic E-state index is 13.0. The van der Waals surface area contributed by atoms with Crippen molar-refractivity contribution in [2.75, 3.05) is 0 Å². The quantitative estimate of drug-likeness (QED) is 0.182. The van der Waals surface area contributed by atoms with E-state index in [0.717, 1.165) is 21.9 Å². The second-order valence-corrected chi connectivity index (χ2v) is 9.92. The maximum absolute atomic E-state index is 13.0. The molecule has 0 radical (unpaired) electrons. The van der Waals surface area contributed by atoms with Gasteiger partial charge in [-0.25, -0.2) is 5.43 Å². The molecule has 38 heavy (non-hydrogen) atoms. The number of fused-ring (bicyclic) bond motifs is 1. The number of halogens is 2. The third-order valence-corrected chi connectivity index (χ3v) is 6.45. The van der Waals surface area contributed by atoms with E-state index in [0.29, 0.717) is 28.0 Å². The van der Waals surface area contributed by atoms with E-state index in [-0.39, 0.29) is 11.8 Å². The summed E-state index contributed by atoms with van der Waals surface area (Å²) in [5.41, 5.74) is 4.68. The lowest BCUT2D eigenvalue weighted by Crippen LogP contribution is -2.48. The van der Waals surface area contributed by atoms with Gasteiger partial charge in [0.25, 0.3) is 11.8 Å². The first-order valence-electron chi connectivity index (χ1n) is 12.1. The fourth-order valence-electron chi connectivity index (χ4n) is 3.87. The molecule has 2 amide bonds. The summed E-state index contributed by atoms with van der Waals surface area (Å²) in [4.78, 5) is 25.7. The number of nitrogens with one attached hydrogen (secondary N) is 2. The molecule has 0 aliphatic carbocycles. The molecule has 194 valence electrons. The van der Waals surface area contributed by atoms with Crippen LogP contribution in [0.1, 0.15) is 35.3 Å². The van der Waals surface area contributed by atoms with Gasteiger partial charge in [-0.3, -0.25) is 9.59 Å². The number of hydrogen-bond acceptors (Lipinski definition) is 4. The lowest BCUT2D eigenvalue weighted by Gasteiger charge is -2.20. The highest BCUT2D eigenvalue weighted by molar-refractivity contribution is 6.30. The number of hydrogen-bond donors (Lipinski definition) is 2. The van der Waals surface area contributed by atoms with Crippen LogP contribution in [0, 0.1) is 5.92 Å². The molecule has 2 N–H and O–H groups in total. The van der Waals surface area contributed by atoms with E-state index in [1.54, 1.807) is 30.5 Å². The van der Waals surface area contributed by atoms with Gasteiger partial charge in [-0.1, -0.05) is 79.5 Å². The van der Waals surface area contributed by atoms with E-state index < -0.39 is 11.9 Å². The zero-order chi connectivity index (χ0) is 27.1. The second-order valence-electron chi connectivity index (χ2n) is 9.05. The zero-order valence-electron chi connectivity index (χ0n) is 20.9. The van der Waals surface area contributed by atoms with Crippen molar-refractivity contribution >= 4 is 52.0 Å². The fraction of sp³-hybridized carbons (Fsp3) is 0.167. The third kappa shape index (κ3) is 6.91. The summed E-state index contributed by atoms with van der Waals surface area (Å²) >= 11 is 11.9. The first kappa shape index (κ1) is 27.2. The van der Waals surface area contributed by atoms with Crippen LogP contribution in [0.3, 0.4) is 0 Å². The third-order valence-electron chi connectivity index (χ3n) is 5.95. The molecule has 0 aliphatic heterocycles. The minimum absolute atomic E-state index is 0.169. The first-order chi connectivity index (χ1) is 18.3. The fourth-order valence-corrected chi connectivity index (χ4v) is 4.12. The average Bonchev–Trinajstić information content (AvgIpc) is 2.92. The topological polar surface area (TPSA) is 79.8 Å². The van der Waals surface area contributed by atoms with Crippen molar-refractivity contribution < 1.29 is 14.3 Å². The molecule has 0 aliphatic rings. The molecule has 4 aromatic carbocycles. The van der Waals surface area contributed by atoms with Crippen molar-refractivity contribution in [3.63, 3.8) is 0 Å². The molecule has 0 heterocycles. The predicted octanol–water partition coefficient (Wildman–Crippen LogP) is 6.63. The summed E-state index contributed by atoms with van der Waals surface area (Å²) in [5.74, 6) is -0.348. The van der Waals surface area contributed by atoms with Gasteiger partial charge in [0.2, 0.25) is 0 Å². The Morgan fingerprint density at radius 1 is 0.895 bits per heavy atom. The van der Waals surface area contributed by atoms with E-state index in [1.807, 2.05) is 74.5 Å². The molecular weight excluding hydrogens is 521 g/mol. The van der Waals surface area contributed by atoms with Crippen LogP contribution in [0.15, 0.2) is 90.0 Å². The Morgan fingerprint density at radius 3 is 2.24 bits per heavy atom. The van der Waals surface area contributed by atoms with Gasteiger partial charge in [0.1, 0.15) is 18.4 Å². The first-order valence-corrected chi connectivity index (χ1v) is 12.9. The van der Waals surface area contributed by atoms with Crippen molar-refractivity contribution in [2.24, 2.45) is 11.0 Å². The Bertz CT molecular complexity index is 1450. The minimum atomic E-state index is -0.788. The van der Waals surface area contributed by atoms with Gasteiger partial charge in [0, 0.05) is 21.2 Å². The van der Waals surface area contributed by atoms with Crippen molar-refractivity contribution in [1.29, 1.82) is 0 Å². The molecule has 4 rings (SSSR count). The van der Waals surface area contributed by atoms with Gasteiger partial charge >= 0.3 is 0 Å². The number of amides is 2. The van der Waals surface area contributed by atoms with Crippen LogP contribution in [0.25, 0.3) is 10.8 Å². The van der Waals surface area contributed by atoms with Crippen LogP contribution >= 0.6 is 23.2 Å². The Kier molecular flexibility index (Phi) is 9.00. The summed E-state index contributed by atoms with van der Waals surface area (Å²) in [7, 11) is 0. The molecule has 0 saturated carbocycles. The highest BCUT2D eigenvalue weighted by Crippen LogP contribution is 2.27. The monoisotopic (exact) mass is 547 g/mol. The number of hydrazone groups is 1. The molecule has 0 aromatic heterocycles. The predicted molar refractivity (Wildman–Crippen MR) is 153 cm³/mol. The minimum Gasteiger partial charge on any atom is -0.488 e. The molecule has 6 nitrogen and oxygen atoms in total. The number of carbonyl (C=O) groups excluding carboxylic acids is 2. The van der Waals surface area contributed by atoms with Crippen molar-refractivity contribution in [1.82, 2.24) is 10.7 Å². The highest BCUT2D eigenvalue weighted by Gasteiger charge is 2.24. The summed E-state index contributed by atoms with van der Waals surface area (Å²) in [6.45, 7) is 4.04. The summed E-state index contributed by atoms with van der Waals surface area (Å²) in [6.07, 6.45) is 1.57. The molecular formula is C30H27Cl2N3O3. The highest BCUT2D eigenvalue weighted by atomic mass is 35.5. The van der Waals surface area contributed by atoms with E-state index in [2.05, 4.69) is 15.8 Å². The van der Waals surface area contributed by atoms with Crippen molar-refractivity contribution in [3.05, 3.63) is 112 Å². The Morgan fingerprint density at radius 2 is 1.55 bits per heavy atom. The molecule has 0 fully saturated rings. The number of ether oxygens (including phenoxy) is 1. The zero-order valence-corrected chi connectivity index (χ0v) is 22.5. The molecule has 1 unspecified atom stereocenters. The average molecular weight is 548 g/mol. The van der Waals surface area contributed by atoms with Gasteiger partial charge in [-0.05, 0) is 64.7 Å². The van der Waals surface area contributed by atoms with Crippen molar-refractivity contribution in [2.45, 2.75) is 26.5 Å². The maximum Gasteiger partial charge on any atom is 0.262 e. The number of rotatable bonds is 9. The van der Waals surface area contributed by atoms with E-state index in [4.69, 9.17) is 27.9 Å². The van der Waals surface area contributed by atoms with Crippen LogP contribution in [-0.4, -0.2) is 24.1 Å². The van der Waals surface area contributed by atoms with Crippen LogP contribution in [0.4, 0.5) is 0 Å². The van der Waals surface area contributed by atoms with E-state index >= 15 is 0 Å².